The number of aliphatic carboxylic acids is 1. The highest BCUT2D eigenvalue weighted by molar-refractivity contribution is 6.30. The maximum absolute atomic E-state index is 12.0. The molecule has 1 aliphatic heterocycles. The van der Waals surface area contributed by atoms with Gasteiger partial charge in [0, 0.05) is 11.1 Å². The van der Waals surface area contributed by atoms with Crippen molar-refractivity contribution in [2.24, 2.45) is 0 Å². The summed E-state index contributed by atoms with van der Waals surface area (Å²) in [7, 11) is 0. The van der Waals surface area contributed by atoms with Crippen molar-refractivity contribution in [3.05, 3.63) is 70.7 Å². The van der Waals surface area contributed by atoms with E-state index in [9.17, 15) is 15.0 Å². The molecule has 1 aliphatic rings. The third kappa shape index (κ3) is 4.21. The molecular weight excluding hydrogens is 338 g/mol. The summed E-state index contributed by atoms with van der Waals surface area (Å²) in [5.74, 6) is -0.886. The normalized spacial score (nSPS) is 20.3. The molecule has 132 valence electrons. The van der Waals surface area contributed by atoms with Gasteiger partial charge in [-0.1, -0.05) is 54.1 Å². The molecule has 0 aromatic heterocycles. The fourth-order valence-electron chi connectivity index (χ4n) is 3.67. The van der Waals surface area contributed by atoms with Crippen LogP contribution in [-0.4, -0.2) is 33.7 Å². The van der Waals surface area contributed by atoms with Crippen LogP contribution < -0.4 is 0 Å². The van der Waals surface area contributed by atoms with Gasteiger partial charge in [-0.2, -0.15) is 0 Å². The molecule has 1 saturated heterocycles. The number of nitrogens with zero attached hydrogens (tertiary/aromatic N) is 1. The highest BCUT2D eigenvalue weighted by atomic mass is 35.5. The molecule has 0 saturated carbocycles. The van der Waals surface area contributed by atoms with Gasteiger partial charge in [0.05, 0.1) is 6.10 Å². The van der Waals surface area contributed by atoms with E-state index in [0.29, 0.717) is 23.6 Å². The van der Waals surface area contributed by atoms with Crippen LogP contribution in [0.4, 0.5) is 0 Å². The van der Waals surface area contributed by atoms with Gasteiger partial charge >= 0.3 is 5.97 Å². The molecule has 3 atom stereocenters. The highest BCUT2D eigenvalue weighted by Gasteiger charge is 2.36. The number of hydrogen-bond acceptors (Lipinski definition) is 3. The maximum Gasteiger partial charge on any atom is 0.325 e. The van der Waals surface area contributed by atoms with Gasteiger partial charge < -0.3 is 10.2 Å². The molecule has 0 radical (unpaired) electrons. The Balaban J connectivity index is 1.80. The Labute approximate surface area is 152 Å². The molecule has 0 spiro atoms. The second kappa shape index (κ2) is 8.00. The molecule has 2 N–H and O–H groups in total. The van der Waals surface area contributed by atoms with Crippen LogP contribution in [0, 0.1) is 0 Å². The lowest BCUT2D eigenvalue weighted by Gasteiger charge is -2.32. The summed E-state index contributed by atoms with van der Waals surface area (Å²) in [5, 5.41) is 20.9. The van der Waals surface area contributed by atoms with Crippen molar-refractivity contribution in [1.82, 2.24) is 4.90 Å². The minimum atomic E-state index is -0.886. The van der Waals surface area contributed by atoms with Crippen molar-refractivity contribution in [3.63, 3.8) is 0 Å². The molecule has 3 rings (SSSR count). The van der Waals surface area contributed by atoms with Crippen LogP contribution in [0.5, 0.6) is 0 Å². The largest absolute Gasteiger partial charge is 0.480 e. The van der Waals surface area contributed by atoms with Gasteiger partial charge in [0.15, 0.2) is 0 Å². The number of aliphatic hydroxyl groups excluding tert-OH is 1. The predicted molar refractivity (Wildman–Crippen MR) is 97.6 cm³/mol. The number of hydrogen-bond donors (Lipinski definition) is 2. The zero-order chi connectivity index (χ0) is 17.8. The molecule has 3 unspecified atom stereocenters. The SMILES string of the molecule is O=C(O)C(c1cccc(Cl)c1)N1CCCC1CC(O)c1ccccc1. The van der Waals surface area contributed by atoms with Crippen LogP contribution in [0.3, 0.4) is 0 Å². The molecule has 1 heterocycles. The molecule has 2 aromatic rings. The number of halogens is 1. The summed E-state index contributed by atoms with van der Waals surface area (Å²) >= 11 is 6.05. The Hall–Kier alpha value is -1.88. The highest BCUT2D eigenvalue weighted by Crippen LogP contribution is 2.35. The number of rotatable bonds is 6. The number of carbonyl (C=O) groups is 1. The van der Waals surface area contributed by atoms with Gasteiger partial charge in [-0.15, -0.1) is 0 Å². The summed E-state index contributed by atoms with van der Waals surface area (Å²) in [4.78, 5) is 13.9. The summed E-state index contributed by atoms with van der Waals surface area (Å²) in [6.45, 7) is 0.704. The van der Waals surface area contributed by atoms with Crippen molar-refractivity contribution >= 4 is 17.6 Å². The van der Waals surface area contributed by atoms with E-state index < -0.39 is 18.1 Å². The van der Waals surface area contributed by atoms with Crippen LogP contribution in [-0.2, 0) is 4.79 Å². The van der Waals surface area contributed by atoms with Crippen molar-refractivity contribution in [2.45, 2.75) is 37.5 Å². The summed E-state index contributed by atoms with van der Waals surface area (Å²) < 4.78 is 0. The first-order chi connectivity index (χ1) is 12.1. The lowest BCUT2D eigenvalue weighted by atomic mass is 9.98. The molecule has 0 bridgehead atoms. The third-order valence-corrected chi connectivity index (χ3v) is 5.07. The average molecular weight is 360 g/mol. The van der Waals surface area contributed by atoms with E-state index >= 15 is 0 Å². The third-order valence-electron chi connectivity index (χ3n) is 4.83. The molecular formula is C20H22ClNO3. The maximum atomic E-state index is 12.0. The van der Waals surface area contributed by atoms with E-state index in [0.717, 1.165) is 18.4 Å². The molecule has 0 aliphatic carbocycles. The van der Waals surface area contributed by atoms with E-state index in [2.05, 4.69) is 0 Å². The van der Waals surface area contributed by atoms with E-state index in [1.165, 1.54) is 0 Å². The smallest absolute Gasteiger partial charge is 0.325 e. The van der Waals surface area contributed by atoms with Crippen LogP contribution in [0.1, 0.15) is 42.5 Å². The van der Waals surface area contributed by atoms with E-state index in [1.807, 2.05) is 35.2 Å². The minimum absolute atomic E-state index is 0.0234. The van der Waals surface area contributed by atoms with E-state index in [1.54, 1.807) is 24.3 Å². The molecule has 1 fully saturated rings. The van der Waals surface area contributed by atoms with Crippen molar-refractivity contribution in [1.29, 1.82) is 0 Å². The fraction of sp³-hybridized carbons (Fsp3) is 0.350. The first kappa shape index (κ1) is 17.9. The average Bonchev–Trinajstić information content (AvgIpc) is 3.03. The lowest BCUT2D eigenvalue weighted by Crippen LogP contribution is -2.38. The first-order valence-electron chi connectivity index (χ1n) is 8.53. The fourth-order valence-corrected chi connectivity index (χ4v) is 3.87. The standard InChI is InChI=1S/C20H22ClNO3/c21-16-9-4-8-15(12-16)19(20(24)25)22-11-5-10-17(22)13-18(23)14-6-2-1-3-7-14/h1-4,6-9,12,17-19,23H,5,10-11,13H2,(H,24,25). The molecule has 4 nitrogen and oxygen atoms in total. The zero-order valence-corrected chi connectivity index (χ0v) is 14.6. The van der Waals surface area contributed by atoms with Gasteiger partial charge in [-0.25, -0.2) is 0 Å². The van der Waals surface area contributed by atoms with Gasteiger partial charge in [0.25, 0.3) is 0 Å². The number of likely N-dealkylation sites (tertiary alicyclic amines) is 1. The number of benzene rings is 2. The van der Waals surface area contributed by atoms with Crippen molar-refractivity contribution in [3.8, 4) is 0 Å². The number of carboxylic acid groups (broad SMARTS) is 1. The summed E-state index contributed by atoms with van der Waals surface area (Å²) in [5.41, 5.74) is 1.55. The molecule has 0 amide bonds. The number of aliphatic hydroxyl groups is 1. The Morgan fingerprint density at radius 3 is 2.56 bits per heavy atom. The monoisotopic (exact) mass is 359 g/mol. The second-order valence-electron chi connectivity index (χ2n) is 6.49. The van der Waals surface area contributed by atoms with Gasteiger partial charge in [0.1, 0.15) is 6.04 Å². The Bertz CT molecular complexity index is 722. The first-order valence-corrected chi connectivity index (χ1v) is 8.91. The van der Waals surface area contributed by atoms with Gasteiger partial charge in [-0.05, 0) is 49.1 Å². The molecule has 25 heavy (non-hydrogen) atoms. The summed E-state index contributed by atoms with van der Waals surface area (Å²) in [6.07, 6.45) is 1.74. The number of carboxylic acids is 1. The van der Waals surface area contributed by atoms with Crippen LogP contribution in [0.15, 0.2) is 54.6 Å². The molecule has 2 aromatic carbocycles. The second-order valence-corrected chi connectivity index (χ2v) is 6.93. The quantitative estimate of drug-likeness (QED) is 0.816. The van der Waals surface area contributed by atoms with Crippen LogP contribution >= 0.6 is 11.6 Å². The Morgan fingerprint density at radius 1 is 1.16 bits per heavy atom. The lowest BCUT2D eigenvalue weighted by molar-refractivity contribution is -0.144. The Kier molecular flexibility index (Phi) is 5.74. The minimum Gasteiger partial charge on any atom is -0.480 e. The van der Waals surface area contributed by atoms with Crippen LogP contribution in [0.25, 0.3) is 0 Å². The molecule has 5 heteroatoms. The van der Waals surface area contributed by atoms with E-state index in [-0.39, 0.29) is 6.04 Å². The van der Waals surface area contributed by atoms with Gasteiger partial charge in [-0.3, -0.25) is 9.69 Å². The summed E-state index contributed by atoms with van der Waals surface area (Å²) in [6, 6.07) is 15.8. The van der Waals surface area contributed by atoms with Crippen LogP contribution in [0.2, 0.25) is 5.02 Å². The van der Waals surface area contributed by atoms with Crippen molar-refractivity contribution in [2.75, 3.05) is 6.54 Å². The predicted octanol–water partition coefficient (Wildman–Crippen LogP) is 4.05. The zero-order valence-electron chi connectivity index (χ0n) is 13.9. The topological polar surface area (TPSA) is 60.8 Å². The van der Waals surface area contributed by atoms with Crippen molar-refractivity contribution < 1.29 is 15.0 Å². The Morgan fingerprint density at radius 2 is 1.88 bits per heavy atom. The van der Waals surface area contributed by atoms with E-state index in [4.69, 9.17) is 11.6 Å². The van der Waals surface area contributed by atoms with Gasteiger partial charge in [0.2, 0.25) is 0 Å².